The van der Waals surface area contributed by atoms with Gasteiger partial charge in [0.25, 0.3) is 0 Å². The molecule has 0 unspecified atom stereocenters. The van der Waals surface area contributed by atoms with E-state index in [2.05, 4.69) is 36.2 Å². The summed E-state index contributed by atoms with van der Waals surface area (Å²) in [5.41, 5.74) is -0.396. The molecule has 144 valence electrons. The van der Waals surface area contributed by atoms with Gasteiger partial charge < -0.3 is 9.84 Å². The summed E-state index contributed by atoms with van der Waals surface area (Å²) in [7, 11) is 0. The molecule has 25 heavy (non-hydrogen) atoms. The number of hydrogen-bond donors (Lipinski definition) is 1. The number of aliphatic hydroxyl groups excluding tert-OH is 1. The summed E-state index contributed by atoms with van der Waals surface area (Å²) in [6.45, 7) is 4.78. The number of allylic oxidation sites excluding steroid dienone is 4. The van der Waals surface area contributed by atoms with Crippen LogP contribution in [0.1, 0.15) is 90.9 Å². The number of hydrogen-bond acceptors (Lipinski definition) is 3. The monoisotopic (exact) mass is 349 g/mol. The van der Waals surface area contributed by atoms with Crippen molar-refractivity contribution in [2.45, 2.75) is 96.4 Å². The van der Waals surface area contributed by atoms with E-state index in [9.17, 15) is 5.11 Å². The summed E-state index contributed by atoms with van der Waals surface area (Å²) in [6.07, 6.45) is 23.9. The van der Waals surface area contributed by atoms with Crippen molar-refractivity contribution in [1.29, 1.82) is 0 Å². The van der Waals surface area contributed by atoms with Crippen LogP contribution >= 0.6 is 0 Å². The van der Waals surface area contributed by atoms with Crippen LogP contribution in [0.2, 0.25) is 0 Å². The zero-order valence-electron chi connectivity index (χ0n) is 16.5. The third kappa shape index (κ3) is 11.2. The van der Waals surface area contributed by atoms with E-state index in [1.54, 1.807) is 0 Å². The predicted octanol–water partition coefficient (Wildman–Crippen LogP) is 5.98. The molecule has 3 heteroatoms. The van der Waals surface area contributed by atoms with Gasteiger partial charge in [0.05, 0.1) is 6.61 Å². The third-order valence-corrected chi connectivity index (χ3v) is 4.63. The quantitative estimate of drug-likeness (QED) is 0.292. The molecule has 1 atom stereocenters. The summed E-state index contributed by atoms with van der Waals surface area (Å²) in [6, 6.07) is 0. The summed E-state index contributed by atoms with van der Waals surface area (Å²) in [5, 5.41) is 9.25. The number of ether oxygens (including phenoxy) is 1. The lowest BCUT2D eigenvalue weighted by molar-refractivity contribution is 0.169. The van der Waals surface area contributed by atoms with Crippen molar-refractivity contribution in [3.8, 4) is 0 Å². The molecule has 3 nitrogen and oxygen atoms in total. The second-order valence-corrected chi connectivity index (χ2v) is 7.43. The Bertz CT molecular complexity index is 414. The lowest BCUT2D eigenvalue weighted by Crippen LogP contribution is -2.28. The molecule has 1 heterocycles. The largest absolute Gasteiger partial charge is 0.478 e. The summed E-state index contributed by atoms with van der Waals surface area (Å²) in [5.74, 6) is 0.835. The van der Waals surface area contributed by atoms with Crippen LogP contribution in [0.15, 0.2) is 29.3 Å². The van der Waals surface area contributed by atoms with Gasteiger partial charge in [-0.1, -0.05) is 63.3 Å². The van der Waals surface area contributed by atoms with Gasteiger partial charge in [-0.15, -0.1) is 0 Å². The first-order chi connectivity index (χ1) is 12.2. The summed E-state index contributed by atoms with van der Waals surface area (Å²) >= 11 is 0. The number of rotatable bonds is 15. The smallest absolute Gasteiger partial charge is 0.184 e. The Labute approximate surface area is 155 Å². The first-order valence-corrected chi connectivity index (χ1v) is 10.3. The minimum Gasteiger partial charge on any atom is -0.478 e. The van der Waals surface area contributed by atoms with E-state index in [4.69, 9.17) is 4.74 Å². The minimum absolute atomic E-state index is 0.0681. The van der Waals surface area contributed by atoms with Crippen molar-refractivity contribution in [2.75, 3.05) is 13.2 Å². The van der Waals surface area contributed by atoms with E-state index in [1.807, 2.05) is 6.92 Å². The van der Waals surface area contributed by atoms with E-state index < -0.39 is 5.54 Å². The molecule has 1 rings (SSSR count). The van der Waals surface area contributed by atoms with E-state index in [0.717, 1.165) is 25.2 Å². The Morgan fingerprint density at radius 3 is 2.24 bits per heavy atom. The SMILES string of the molecule is CCCCC/C=C\C/C=C\CCCCCCCC1=N[C@@](C)(CO)CO1. The highest BCUT2D eigenvalue weighted by molar-refractivity contribution is 5.78. The van der Waals surface area contributed by atoms with E-state index in [-0.39, 0.29) is 6.61 Å². The highest BCUT2D eigenvalue weighted by Gasteiger charge is 2.30. The third-order valence-electron chi connectivity index (χ3n) is 4.63. The topological polar surface area (TPSA) is 41.8 Å². The van der Waals surface area contributed by atoms with Crippen molar-refractivity contribution in [3.63, 3.8) is 0 Å². The van der Waals surface area contributed by atoms with Gasteiger partial charge in [0.2, 0.25) is 0 Å². The molecule has 0 saturated carbocycles. The lowest BCUT2D eigenvalue weighted by atomic mass is 10.1. The van der Waals surface area contributed by atoms with Crippen molar-refractivity contribution in [2.24, 2.45) is 4.99 Å². The Balaban J connectivity index is 1.87. The number of aliphatic hydroxyl groups is 1. The van der Waals surface area contributed by atoms with Crippen LogP contribution in [-0.2, 0) is 4.74 Å². The zero-order chi connectivity index (χ0) is 18.2. The zero-order valence-corrected chi connectivity index (χ0v) is 16.5. The molecule has 1 aliphatic heterocycles. The molecule has 0 aromatic carbocycles. The van der Waals surface area contributed by atoms with Crippen LogP contribution in [0.5, 0.6) is 0 Å². The molecule has 0 radical (unpaired) electrons. The van der Waals surface area contributed by atoms with Gasteiger partial charge in [-0.25, -0.2) is 4.99 Å². The van der Waals surface area contributed by atoms with Gasteiger partial charge in [0.15, 0.2) is 5.90 Å². The van der Waals surface area contributed by atoms with Crippen molar-refractivity contribution in [1.82, 2.24) is 0 Å². The maximum atomic E-state index is 9.25. The Hall–Kier alpha value is -1.09. The Morgan fingerprint density at radius 1 is 0.960 bits per heavy atom. The molecule has 0 spiro atoms. The van der Waals surface area contributed by atoms with Gasteiger partial charge in [0, 0.05) is 6.42 Å². The number of aliphatic imine (C=N–C) groups is 1. The van der Waals surface area contributed by atoms with E-state index in [0.29, 0.717) is 6.61 Å². The first kappa shape index (κ1) is 22.0. The maximum absolute atomic E-state index is 9.25. The summed E-state index contributed by atoms with van der Waals surface area (Å²) < 4.78 is 5.55. The van der Waals surface area contributed by atoms with E-state index in [1.165, 1.54) is 57.8 Å². The van der Waals surface area contributed by atoms with Crippen molar-refractivity contribution < 1.29 is 9.84 Å². The van der Waals surface area contributed by atoms with Gasteiger partial charge in [-0.3, -0.25) is 0 Å². The predicted molar refractivity (Wildman–Crippen MR) is 108 cm³/mol. The molecule has 0 amide bonds. The molecule has 0 fully saturated rings. The van der Waals surface area contributed by atoms with Gasteiger partial charge >= 0.3 is 0 Å². The Morgan fingerprint density at radius 2 is 1.60 bits per heavy atom. The van der Waals surface area contributed by atoms with Gasteiger partial charge in [-0.05, 0) is 45.4 Å². The highest BCUT2D eigenvalue weighted by atomic mass is 16.5. The fourth-order valence-corrected chi connectivity index (χ4v) is 2.90. The second-order valence-electron chi connectivity index (χ2n) is 7.43. The van der Waals surface area contributed by atoms with Crippen LogP contribution in [0.4, 0.5) is 0 Å². The Kier molecular flexibility index (Phi) is 12.4. The molecule has 0 saturated heterocycles. The second kappa shape index (κ2) is 14.1. The van der Waals surface area contributed by atoms with Gasteiger partial charge in [0.1, 0.15) is 12.1 Å². The molecule has 0 bridgehead atoms. The fourth-order valence-electron chi connectivity index (χ4n) is 2.90. The molecule has 0 aromatic rings. The molecule has 1 N–H and O–H groups in total. The molecule has 0 aromatic heterocycles. The summed E-state index contributed by atoms with van der Waals surface area (Å²) in [4.78, 5) is 4.47. The number of nitrogens with zero attached hydrogens (tertiary/aromatic N) is 1. The average molecular weight is 350 g/mol. The van der Waals surface area contributed by atoms with Crippen LogP contribution in [0.25, 0.3) is 0 Å². The standard InChI is InChI=1S/C22H39NO2/c1-3-4-5-6-7-8-9-10-11-12-13-14-15-16-17-18-21-23-22(2,19-24)20-25-21/h7-8,10-11,24H,3-6,9,12-20H2,1-2H3/b8-7-,11-10-/t22-/m0/s1. The molecule has 0 aliphatic carbocycles. The molecular weight excluding hydrogens is 310 g/mol. The maximum Gasteiger partial charge on any atom is 0.184 e. The minimum atomic E-state index is -0.396. The first-order valence-electron chi connectivity index (χ1n) is 10.3. The fraction of sp³-hybridized carbons (Fsp3) is 0.773. The average Bonchev–Trinajstić information content (AvgIpc) is 3.00. The molecule has 1 aliphatic rings. The lowest BCUT2D eigenvalue weighted by Gasteiger charge is -2.12. The van der Waals surface area contributed by atoms with Crippen LogP contribution in [-0.4, -0.2) is 29.8 Å². The van der Waals surface area contributed by atoms with Crippen LogP contribution in [0, 0.1) is 0 Å². The molecular formula is C22H39NO2. The number of unbranched alkanes of at least 4 members (excludes halogenated alkanes) is 8. The van der Waals surface area contributed by atoms with Gasteiger partial charge in [-0.2, -0.15) is 0 Å². The van der Waals surface area contributed by atoms with Crippen molar-refractivity contribution in [3.05, 3.63) is 24.3 Å². The van der Waals surface area contributed by atoms with Crippen LogP contribution < -0.4 is 0 Å². The van der Waals surface area contributed by atoms with Crippen LogP contribution in [0.3, 0.4) is 0 Å². The van der Waals surface area contributed by atoms with E-state index >= 15 is 0 Å². The normalized spacial score (nSPS) is 20.5. The van der Waals surface area contributed by atoms with Crippen molar-refractivity contribution >= 4 is 5.90 Å². The highest BCUT2D eigenvalue weighted by Crippen LogP contribution is 2.20.